The molecule has 2 rings (SSSR count). The summed E-state index contributed by atoms with van der Waals surface area (Å²) in [5.41, 5.74) is 0. The Morgan fingerprint density at radius 3 is 2.52 bits per heavy atom. The quantitative estimate of drug-likeness (QED) is 0.572. The normalized spacial score (nSPS) is 11.3. The maximum absolute atomic E-state index is 12.4. The molecule has 2 aromatic carbocycles. The van der Waals surface area contributed by atoms with Crippen LogP contribution in [0.2, 0.25) is 10.0 Å². The van der Waals surface area contributed by atoms with Gasteiger partial charge >= 0.3 is 10.1 Å². The van der Waals surface area contributed by atoms with Gasteiger partial charge in [0.2, 0.25) is 0 Å². The summed E-state index contributed by atoms with van der Waals surface area (Å²) in [4.78, 5) is -0.0390. The predicted molar refractivity (Wildman–Crippen MR) is 94.2 cm³/mol. The van der Waals surface area contributed by atoms with Crippen molar-refractivity contribution in [2.75, 3.05) is 6.61 Å². The van der Waals surface area contributed by atoms with E-state index in [0.29, 0.717) is 21.9 Å². The second-order valence-electron chi connectivity index (χ2n) is 4.55. The molecule has 0 radical (unpaired) electrons. The molecule has 0 aliphatic heterocycles. The van der Waals surface area contributed by atoms with Gasteiger partial charge in [0.1, 0.15) is 10.6 Å². The van der Waals surface area contributed by atoms with E-state index in [9.17, 15) is 8.42 Å². The van der Waals surface area contributed by atoms with Crippen LogP contribution in [-0.4, -0.2) is 15.0 Å². The molecule has 23 heavy (non-hydrogen) atoms. The van der Waals surface area contributed by atoms with Crippen LogP contribution in [0.5, 0.6) is 11.5 Å². The van der Waals surface area contributed by atoms with Crippen molar-refractivity contribution in [1.29, 1.82) is 0 Å². The standard InChI is InChI=1S/C15H13BrCl2O4S/c1-2-7-21-14-9-11(4-5-12(14)16)23(19,20)22-15-8-10(17)3-6-13(15)18/h3-6,8-9H,2,7H2,1H3. The summed E-state index contributed by atoms with van der Waals surface area (Å²) in [6.07, 6.45) is 0.804. The third kappa shape index (κ3) is 4.76. The molecule has 124 valence electrons. The minimum atomic E-state index is -4.06. The van der Waals surface area contributed by atoms with E-state index in [1.165, 1.54) is 24.3 Å². The first-order chi connectivity index (χ1) is 10.8. The lowest BCUT2D eigenvalue weighted by Gasteiger charge is -2.11. The minimum Gasteiger partial charge on any atom is -0.492 e. The molecule has 8 heteroatoms. The number of benzene rings is 2. The van der Waals surface area contributed by atoms with E-state index in [1.807, 2.05) is 6.92 Å². The van der Waals surface area contributed by atoms with Crippen molar-refractivity contribution in [3.05, 3.63) is 50.9 Å². The molecule has 0 N–H and O–H groups in total. The molecule has 0 aliphatic rings. The molecular weight excluding hydrogens is 427 g/mol. The third-order valence-electron chi connectivity index (χ3n) is 2.75. The van der Waals surface area contributed by atoms with Gasteiger partial charge in [0.15, 0.2) is 5.75 Å². The Kier molecular flexibility index (Phi) is 6.19. The van der Waals surface area contributed by atoms with Crippen LogP contribution in [0, 0.1) is 0 Å². The van der Waals surface area contributed by atoms with E-state index < -0.39 is 10.1 Å². The summed E-state index contributed by atoms with van der Waals surface area (Å²) < 4.78 is 36.1. The van der Waals surface area contributed by atoms with E-state index in [1.54, 1.807) is 12.1 Å². The van der Waals surface area contributed by atoms with Crippen molar-refractivity contribution >= 4 is 49.2 Å². The molecule has 2 aromatic rings. The average molecular weight is 440 g/mol. The van der Waals surface area contributed by atoms with Crippen molar-refractivity contribution in [2.45, 2.75) is 18.2 Å². The zero-order valence-corrected chi connectivity index (χ0v) is 16.0. The molecule has 0 saturated heterocycles. The summed E-state index contributed by atoms with van der Waals surface area (Å²) in [5.74, 6) is 0.395. The van der Waals surface area contributed by atoms with Crippen LogP contribution in [0.25, 0.3) is 0 Å². The molecule has 0 heterocycles. The number of halogens is 3. The number of ether oxygens (including phenoxy) is 1. The van der Waals surface area contributed by atoms with Gasteiger partial charge in [-0.25, -0.2) is 0 Å². The van der Waals surface area contributed by atoms with Crippen LogP contribution in [0.3, 0.4) is 0 Å². The topological polar surface area (TPSA) is 52.6 Å². The van der Waals surface area contributed by atoms with E-state index in [2.05, 4.69) is 15.9 Å². The summed E-state index contributed by atoms with van der Waals surface area (Å²) in [7, 11) is -4.06. The van der Waals surface area contributed by atoms with Crippen LogP contribution in [0.4, 0.5) is 0 Å². The minimum absolute atomic E-state index is 0.0295. The smallest absolute Gasteiger partial charge is 0.339 e. The summed E-state index contributed by atoms with van der Waals surface area (Å²) >= 11 is 15.1. The molecule has 0 fully saturated rings. The number of hydrogen-bond donors (Lipinski definition) is 0. The Bertz CT molecular complexity index is 809. The van der Waals surface area contributed by atoms with Gasteiger partial charge in [-0.2, -0.15) is 8.42 Å². The Morgan fingerprint density at radius 2 is 1.83 bits per heavy atom. The Labute approximate surface area is 153 Å². The lowest BCUT2D eigenvalue weighted by Crippen LogP contribution is -2.10. The zero-order chi connectivity index (χ0) is 17.0. The van der Waals surface area contributed by atoms with Crippen LogP contribution in [-0.2, 0) is 10.1 Å². The van der Waals surface area contributed by atoms with Crippen molar-refractivity contribution in [3.8, 4) is 11.5 Å². The van der Waals surface area contributed by atoms with Gasteiger partial charge in [-0.3, -0.25) is 0 Å². The Balaban J connectivity index is 2.34. The maximum atomic E-state index is 12.4. The average Bonchev–Trinajstić information content (AvgIpc) is 2.49. The highest BCUT2D eigenvalue weighted by atomic mass is 79.9. The van der Waals surface area contributed by atoms with Gasteiger partial charge in [-0.05, 0) is 46.6 Å². The monoisotopic (exact) mass is 438 g/mol. The van der Waals surface area contributed by atoms with Crippen LogP contribution in [0.15, 0.2) is 45.8 Å². The molecule has 0 unspecified atom stereocenters. The molecule has 0 atom stereocenters. The fraction of sp³-hybridized carbons (Fsp3) is 0.200. The lowest BCUT2D eigenvalue weighted by atomic mass is 10.3. The van der Waals surface area contributed by atoms with Crippen molar-refractivity contribution in [1.82, 2.24) is 0 Å². The highest BCUT2D eigenvalue weighted by Gasteiger charge is 2.20. The van der Waals surface area contributed by atoms with E-state index in [4.69, 9.17) is 32.1 Å². The van der Waals surface area contributed by atoms with Crippen molar-refractivity contribution in [3.63, 3.8) is 0 Å². The van der Waals surface area contributed by atoms with Crippen LogP contribution < -0.4 is 8.92 Å². The zero-order valence-electron chi connectivity index (χ0n) is 12.1. The highest BCUT2D eigenvalue weighted by Crippen LogP contribution is 2.32. The molecule has 4 nitrogen and oxygen atoms in total. The molecule has 0 bridgehead atoms. The Hall–Kier alpha value is -0.950. The van der Waals surface area contributed by atoms with E-state index in [-0.39, 0.29) is 15.7 Å². The van der Waals surface area contributed by atoms with E-state index >= 15 is 0 Å². The second kappa shape index (κ2) is 7.75. The van der Waals surface area contributed by atoms with Gasteiger partial charge in [0.25, 0.3) is 0 Å². The van der Waals surface area contributed by atoms with Gasteiger partial charge in [0, 0.05) is 17.2 Å². The summed E-state index contributed by atoms with van der Waals surface area (Å²) in [5, 5.41) is 0.472. The fourth-order valence-corrected chi connectivity index (χ4v) is 3.35. The first-order valence-electron chi connectivity index (χ1n) is 6.65. The predicted octanol–water partition coefficient (Wildman–Crippen LogP) is 5.31. The van der Waals surface area contributed by atoms with Crippen molar-refractivity contribution in [2.24, 2.45) is 0 Å². The van der Waals surface area contributed by atoms with Crippen molar-refractivity contribution < 1.29 is 17.3 Å². The van der Waals surface area contributed by atoms with Gasteiger partial charge < -0.3 is 8.92 Å². The van der Waals surface area contributed by atoms with Gasteiger partial charge in [-0.1, -0.05) is 30.1 Å². The maximum Gasteiger partial charge on any atom is 0.339 e. The molecule has 0 aromatic heterocycles. The molecule has 0 saturated carbocycles. The second-order valence-corrected chi connectivity index (χ2v) is 7.80. The Morgan fingerprint density at radius 1 is 1.09 bits per heavy atom. The largest absolute Gasteiger partial charge is 0.492 e. The van der Waals surface area contributed by atoms with E-state index in [0.717, 1.165) is 6.42 Å². The van der Waals surface area contributed by atoms with Gasteiger partial charge in [0.05, 0.1) is 16.1 Å². The lowest BCUT2D eigenvalue weighted by molar-refractivity contribution is 0.314. The number of hydrogen-bond acceptors (Lipinski definition) is 4. The highest BCUT2D eigenvalue weighted by molar-refractivity contribution is 9.10. The number of rotatable bonds is 6. The van der Waals surface area contributed by atoms with Crippen LogP contribution >= 0.6 is 39.1 Å². The van der Waals surface area contributed by atoms with Crippen LogP contribution in [0.1, 0.15) is 13.3 Å². The van der Waals surface area contributed by atoms with Gasteiger partial charge in [-0.15, -0.1) is 0 Å². The summed E-state index contributed by atoms with van der Waals surface area (Å²) in [6, 6.07) is 8.74. The molecule has 0 spiro atoms. The summed E-state index contributed by atoms with van der Waals surface area (Å²) in [6.45, 7) is 2.43. The SMILES string of the molecule is CCCOc1cc(S(=O)(=O)Oc2cc(Cl)ccc2Cl)ccc1Br. The molecule has 0 aliphatic carbocycles. The fourth-order valence-electron chi connectivity index (χ4n) is 1.67. The first-order valence-corrected chi connectivity index (χ1v) is 9.61. The molecular formula is C15H13BrCl2O4S. The first kappa shape index (κ1) is 18.4. The molecule has 0 amide bonds. The third-order valence-corrected chi connectivity index (χ3v) is 5.18.